The van der Waals surface area contributed by atoms with Crippen LogP contribution in [-0.4, -0.2) is 44.3 Å². The lowest BCUT2D eigenvalue weighted by Gasteiger charge is -2.14. The number of nitrogens with one attached hydrogen (secondary N) is 3. The van der Waals surface area contributed by atoms with E-state index in [2.05, 4.69) is 31.9 Å². The summed E-state index contributed by atoms with van der Waals surface area (Å²) in [5.41, 5.74) is 0.931. The first-order chi connectivity index (χ1) is 13.4. The Morgan fingerprint density at radius 1 is 1.11 bits per heavy atom. The highest BCUT2D eigenvalue weighted by atomic mass is 79.9. The van der Waals surface area contributed by atoms with Crippen LogP contribution in [-0.2, 0) is 14.3 Å². The fourth-order valence-corrected chi connectivity index (χ4v) is 3.36. The lowest BCUT2D eigenvalue weighted by Crippen LogP contribution is -2.41. The van der Waals surface area contributed by atoms with Crippen LogP contribution < -0.4 is 16.0 Å². The first-order valence-electron chi connectivity index (χ1n) is 8.29. The largest absolute Gasteiger partial charge is 0.447 e. The monoisotopic (exact) mass is 469 g/mol. The molecule has 0 fully saturated rings. The molecule has 0 aliphatic carbocycles. The normalized spacial score (nSPS) is 11.4. The number of methoxy groups -OCH3 is 1. The van der Waals surface area contributed by atoms with Crippen LogP contribution in [0.25, 0.3) is 0 Å². The van der Waals surface area contributed by atoms with Gasteiger partial charge in [0.25, 0.3) is 5.91 Å². The van der Waals surface area contributed by atoms with E-state index >= 15 is 0 Å². The van der Waals surface area contributed by atoms with E-state index < -0.39 is 12.1 Å². The number of carbonyl (C=O) groups is 3. The first-order valence-corrected chi connectivity index (χ1v) is 9.90. The van der Waals surface area contributed by atoms with Crippen molar-refractivity contribution in [2.24, 2.45) is 0 Å². The van der Waals surface area contributed by atoms with Crippen LogP contribution in [0.3, 0.4) is 0 Å². The van der Waals surface area contributed by atoms with Crippen molar-refractivity contribution in [3.05, 3.63) is 45.1 Å². The van der Waals surface area contributed by atoms with Crippen LogP contribution in [0, 0.1) is 0 Å². The van der Waals surface area contributed by atoms with Gasteiger partial charge in [-0.15, -0.1) is 11.3 Å². The molecule has 0 saturated carbocycles. The maximum absolute atomic E-state index is 12.3. The predicted octanol–water partition coefficient (Wildman–Crippen LogP) is 3.46. The number of hydrogen-bond donors (Lipinski definition) is 3. The molecule has 2 aromatic rings. The molecule has 2 rings (SSSR count). The predicted molar refractivity (Wildman–Crippen MR) is 111 cm³/mol. The van der Waals surface area contributed by atoms with E-state index in [4.69, 9.17) is 9.47 Å². The molecular formula is C18H20BrN3O5S. The number of amides is 3. The average Bonchev–Trinajstić information content (AvgIpc) is 3.08. The maximum Gasteiger partial charge on any atom is 0.411 e. The standard InChI is InChI=1S/C18H20BrN3O5S/c1-11(20-17(24)14-6-7-15(19)28-14)16(23)21-12-4-3-5-13(10-12)22-18(25)27-9-8-26-2/h3-7,10-11H,8-9H2,1-2H3,(H,20,24)(H,21,23)(H,22,25). The molecule has 8 nitrogen and oxygen atoms in total. The zero-order chi connectivity index (χ0) is 20.5. The van der Waals surface area contributed by atoms with Gasteiger partial charge in [-0.2, -0.15) is 0 Å². The van der Waals surface area contributed by atoms with Gasteiger partial charge in [0, 0.05) is 18.5 Å². The highest BCUT2D eigenvalue weighted by molar-refractivity contribution is 9.11. The van der Waals surface area contributed by atoms with Crippen molar-refractivity contribution in [2.45, 2.75) is 13.0 Å². The molecule has 10 heteroatoms. The summed E-state index contributed by atoms with van der Waals surface area (Å²) in [7, 11) is 1.51. The summed E-state index contributed by atoms with van der Waals surface area (Å²) in [5, 5.41) is 7.90. The lowest BCUT2D eigenvalue weighted by atomic mass is 10.2. The van der Waals surface area contributed by atoms with Gasteiger partial charge in [0.1, 0.15) is 12.6 Å². The fourth-order valence-electron chi connectivity index (χ4n) is 2.07. The molecule has 0 radical (unpaired) electrons. The Balaban J connectivity index is 1.88. The van der Waals surface area contributed by atoms with E-state index in [-0.39, 0.29) is 18.4 Å². The van der Waals surface area contributed by atoms with Gasteiger partial charge in [-0.3, -0.25) is 14.9 Å². The van der Waals surface area contributed by atoms with Gasteiger partial charge < -0.3 is 20.1 Å². The minimum absolute atomic E-state index is 0.136. The van der Waals surface area contributed by atoms with E-state index in [9.17, 15) is 14.4 Å². The van der Waals surface area contributed by atoms with E-state index in [1.807, 2.05) is 0 Å². The van der Waals surface area contributed by atoms with Gasteiger partial charge in [0.2, 0.25) is 5.91 Å². The van der Waals surface area contributed by atoms with Crippen molar-refractivity contribution >= 4 is 56.5 Å². The highest BCUT2D eigenvalue weighted by Crippen LogP contribution is 2.22. The third-order valence-corrected chi connectivity index (χ3v) is 5.06. The van der Waals surface area contributed by atoms with Crippen LogP contribution in [0.5, 0.6) is 0 Å². The Kier molecular flexibility index (Phi) is 8.42. The number of thiophene rings is 1. The summed E-state index contributed by atoms with van der Waals surface area (Å²) in [4.78, 5) is 36.6. The Morgan fingerprint density at radius 2 is 1.82 bits per heavy atom. The second kappa shape index (κ2) is 10.8. The SMILES string of the molecule is COCCOC(=O)Nc1cccc(NC(=O)C(C)NC(=O)c2ccc(Br)s2)c1. The van der Waals surface area contributed by atoms with Crippen LogP contribution in [0.15, 0.2) is 40.2 Å². The third kappa shape index (κ3) is 6.95. The van der Waals surface area contributed by atoms with Gasteiger partial charge in [0.15, 0.2) is 0 Å². The number of benzene rings is 1. The van der Waals surface area contributed by atoms with E-state index in [0.29, 0.717) is 22.9 Å². The Labute approximate surface area is 174 Å². The summed E-state index contributed by atoms with van der Waals surface area (Å²) in [6.45, 7) is 2.03. The van der Waals surface area contributed by atoms with E-state index in [1.165, 1.54) is 18.4 Å². The molecule has 1 aromatic heterocycles. The van der Waals surface area contributed by atoms with Crippen LogP contribution in [0.4, 0.5) is 16.2 Å². The number of carbonyl (C=O) groups excluding carboxylic acids is 3. The topological polar surface area (TPSA) is 106 Å². The molecule has 1 atom stereocenters. The molecule has 0 aliphatic heterocycles. The smallest absolute Gasteiger partial charge is 0.411 e. The Morgan fingerprint density at radius 3 is 2.46 bits per heavy atom. The summed E-state index contributed by atoms with van der Waals surface area (Å²) in [6, 6.07) is 9.28. The van der Waals surface area contributed by atoms with Gasteiger partial charge in [-0.1, -0.05) is 6.07 Å². The van der Waals surface area contributed by atoms with E-state index in [1.54, 1.807) is 43.3 Å². The summed E-state index contributed by atoms with van der Waals surface area (Å²) < 4.78 is 10.6. The number of anilines is 2. The van der Waals surface area contributed by atoms with Crippen molar-refractivity contribution in [2.75, 3.05) is 31.0 Å². The van der Waals surface area contributed by atoms with Gasteiger partial charge in [0.05, 0.1) is 15.3 Å². The van der Waals surface area contributed by atoms with Crippen LogP contribution >= 0.6 is 27.3 Å². The minimum atomic E-state index is -0.746. The second-order valence-corrected chi connectivity index (χ2v) is 8.09. The molecule has 0 spiro atoms. The minimum Gasteiger partial charge on any atom is -0.447 e. The molecule has 0 bridgehead atoms. The molecule has 1 unspecified atom stereocenters. The molecule has 3 N–H and O–H groups in total. The molecule has 1 aromatic carbocycles. The fraction of sp³-hybridized carbons (Fsp3) is 0.278. The molecule has 150 valence electrons. The van der Waals surface area contributed by atoms with Crippen molar-refractivity contribution in [1.29, 1.82) is 0 Å². The second-order valence-electron chi connectivity index (χ2n) is 5.62. The van der Waals surface area contributed by atoms with Crippen LogP contribution in [0.1, 0.15) is 16.6 Å². The van der Waals surface area contributed by atoms with Crippen molar-refractivity contribution < 1.29 is 23.9 Å². The summed E-state index contributed by atoms with van der Waals surface area (Å²) >= 11 is 4.58. The number of halogens is 1. The Bertz CT molecular complexity index is 842. The number of hydrogen-bond acceptors (Lipinski definition) is 6. The Hall–Kier alpha value is -2.43. The number of ether oxygens (including phenoxy) is 2. The molecular weight excluding hydrogens is 450 g/mol. The van der Waals surface area contributed by atoms with Crippen LogP contribution in [0.2, 0.25) is 0 Å². The van der Waals surface area contributed by atoms with Crippen molar-refractivity contribution in [3.63, 3.8) is 0 Å². The third-order valence-electron chi connectivity index (χ3n) is 3.43. The van der Waals surface area contributed by atoms with Crippen molar-refractivity contribution in [3.8, 4) is 0 Å². The number of rotatable bonds is 8. The zero-order valence-electron chi connectivity index (χ0n) is 15.3. The summed E-state index contributed by atoms with van der Waals surface area (Å²) in [6.07, 6.45) is -0.622. The van der Waals surface area contributed by atoms with E-state index in [0.717, 1.165) is 3.79 Å². The maximum atomic E-state index is 12.3. The molecule has 0 saturated heterocycles. The molecule has 28 heavy (non-hydrogen) atoms. The van der Waals surface area contributed by atoms with Gasteiger partial charge in [-0.25, -0.2) is 4.79 Å². The molecule has 1 heterocycles. The molecule has 0 aliphatic rings. The average molecular weight is 470 g/mol. The first kappa shape index (κ1) is 21.9. The zero-order valence-corrected chi connectivity index (χ0v) is 17.7. The quantitative estimate of drug-likeness (QED) is 0.513. The van der Waals surface area contributed by atoms with Crippen molar-refractivity contribution in [1.82, 2.24) is 5.32 Å². The van der Waals surface area contributed by atoms with Gasteiger partial charge >= 0.3 is 6.09 Å². The highest BCUT2D eigenvalue weighted by Gasteiger charge is 2.18. The van der Waals surface area contributed by atoms with Gasteiger partial charge in [-0.05, 0) is 53.2 Å². The summed E-state index contributed by atoms with van der Waals surface area (Å²) in [5.74, 6) is -0.712. The molecule has 3 amide bonds. The lowest BCUT2D eigenvalue weighted by molar-refractivity contribution is -0.117.